The van der Waals surface area contributed by atoms with Crippen molar-refractivity contribution in [1.82, 2.24) is 0 Å². The van der Waals surface area contributed by atoms with Gasteiger partial charge in [-0.05, 0) is 72.4 Å². The monoisotopic (exact) mass is 384 g/mol. The van der Waals surface area contributed by atoms with Crippen molar-refractivity contribution >= 4 is 53.8 Å². The molecule has 0 aliphatic carbocycles. The summed E-state index contributed by atoms with van der Waals surface area (Å²) in [7, 11) is 0. The molecule has 2 nitrogen and oxygen atoms in total. The minimum Gasteiger partial charge on any atom is -0.481 e. The van der Waals surface area contributed by atoms with Crippen LogP contribution in [-0.2, 0) is 4.79 Å². The van der Waals surface area contributed by atoms with Crippen LogP contribution in [0.2, 0.25) is 0 Å². The molecule has 0 fully saturated rings. The lowest BCUT2D eigenvalue weighted by Gasteiger charge is -2.09. The summed E-state index contributed by atoms with van der Waals surface area (Å²) in [6.45, 7) is 1.66. The Balaban J connectivity index is 3.19. The summed E-state index contributed by atoms with van der Waals surface area (Å²) in [6.07, 6.45) is 0. The van der Waals surface area contributed by atoms with Gasteiger partial charge in [-0.3, -0.25) is 4.79 Å². The smallest absolute Gasteiger partial charge is 0.310 e. The molecule has 0 bridgehead atoms. The van der Waals surface area contributed by atoms with Gasteiger partial charge in [0.2, 0.25) is 0 Å². The van der Waals surface area contributed by atoms with Gasteiger partial charge < -0.3 is 5.11 Å². The maximum Gasteiger partial charge on any atom is 0.310 e. The van der Waals surface area contributed by atoms with E-state index in [-0.39, 0.29) is 0 Å². The number of benzene rings is 1. The molecule has 1 aromatic carbocycles. The highest BCUT2D eigenvalue weighted by Crippen LogP contribution is 2.34. The molecule has 0 amide bonds. The third kappa shape index (κ3) is 2.58. The quantitative estimate of drug-likeness (QED) is 0.775. The van der Waals surface area contributed by atoms with Crippen LogP contribution in [0.15, 0.2) is 25.6 Å². The highest BCUT2D eigenvalue weighted by molar-refractivity contribution is 9.14. The van der Waals surface area contributed by atoms with Gasteiger partial charge in [0.25, 0.3) is 0 Å². The van der Waals surface area contributed by atoms with E-state index in [2.05, 4.69) is 47.8 Å². The van der Waals surface area contributed by atoms with Crippen LogP contribution in [0, 0.1) is 0 Å². The summed E-state index contributed by atoms with van der Waals surface area (Å²) in [5, 5.41) is 8.84. The van der Waals surface area contributed by atoms with E-state index < -0.39 is 11.9 Å². The van der Waals surface area contributed by atoms with Crippen LogP contribution in [0.3, 0.4) is 0 Å². The van der Waals surface area contributed by atoms with Gasteiger partial charge in [0.15, 0.2) is 0 Å². The fourth-order valence-corrected chi connectivity index (χ4v) is 2.42. The number of halogens is 3. The molecule has 0 spiro atoms. The molecule has 14 heavy (non-hydrogen) atoms. The lowest BCUT2D eigenvalue weighted by molar-refractivity contribution is -0.138. The molecule has 1 unspecified atom stereocenters. The second-order valence-corrected chi connectivity index (χ2v) is 5.36. The number of hydrogen-bond donors (Lipinski definition) is 1. The van der Waals surface area contributed by atoms with Crippen molar-refractivity contribution in [2.24, 2.45) is 0 Å². The molecule has 0 aliphatic heterocycles. The van der Waals surface area contributed by atoms with Gasteiger partial charge in [-0.2, -0.15) is 0 Å². The fourth-order valence-electron chi connectivity index (χ4n) is 0.968. The maximum absolute atomic E-state index is 10.8. The van der Waals surface area contributed by atoms with Crippen molar-refractivity contribution < 1.29 is 9.90 Å². The second kappa shape index (κ2) is 4.77. The van der Waals surface area contributed by atoms with Crippen molar-refractivity contribution in [3.63, 3.8) is 0 Å². The highest BCUT2D eigenvalue weighted by atomic mass is 79.9. The van der Waals surface area contributed by atoms with Crippen molar-refractivity contribution in [3.05, 3.63) is 31.1 Å². The Morgan fingerprint density at radius 1 is 1.29 bits per heavy atom. The normalized spacial score (nSPS) is 12.6. The minimum absolute atomic E-state index is 0.504. The van der Waals surface area contributed by atoms with E-state index in [0.29, 0.717) is 0 Å². The van der Waals surface area contributed by atoms with E-state index in [9.17, 15) is 4.79 Å². The van der Waals surface area contributed by atoms with Gasteiger partial charge in [-0.25, -0.2) is 0 Å². The van der Waals surface area contributed by atoms with Gasteiger partial charge in [-0.15, -0.1) is 0 Å². The number of carboxylic acids is 1. The van der Waals surface area contributed by atoms with Gasteiger partial charge in [0.1, 0.15) is 0 Å². The molecule has 1 rings (SSSR count). The molecule has 0 saturated carbocycles. The Morgan fingerprint density at radius 2 is 1.71 bits per heavy atom. The van der Waals surface area contributed by atoms with E-state index in [0.717, 1.165) is 19.0 Å². The van der Waals surface area contributed by atoms with Crippen molar-refractivity contribution in [1.29, 1.82) is 0 Å². The Bertz CT molecular complexity index is 353. The highest BCUT2D eigenvalue weighted by Gasteiger charge is 2.16. The SMILES string of the molecule is CC(C(=O)O)c1cc(Br)c(Br)c(Br)c1. The zero-order valence-electron chi connectivity index (χ0n) is 7.22. The van der Waals surface area contributed by atoms with E-state index in [1.807, 2.05) is 0 Å². The first-order valence-electron chi connectivity index (χ1n) is 3.80. The number of aliphatic carboxylic acids is 1. The van der Waals surface area contributed by atoms with Crippen LogP contribution in [0.4, 0.5) is 0 Å². The first-order chi connectivity index (χ1) is 6.43. The number of hydrogen-bond acceptors (Lipinski definition) is 1. The van der Waals surface area contributed by atoms with Crippen LogP contribution >= 0.6 is 47.8 Å². The zero-order valence-corrected chi connectivity index (χ0v) is 12.0. The van der Waals surface area contributed by atoms with E-state index in [1.165, 1.54) is 0 Å². The van der Waals surface area contributed by atoms with Crippen LogP contribution < -0.4 is 0 Å². The third-order valence-corrected chi connectivity index (χ3v) is 5.05. The minimum atomic E-state index is -0.828. The molecule has 1 atom stereocenters. The number of rotatable bonds is 2. The second-order valence-electron chi connectivity index (χ2n) is 2.86. The summed E-state index contributed by atoms with van der Waals surface area (Å²) in [5.74, 6) is -1.33. The summed E-state index contributed by atoms with van der Waals surface area (Å²) in [5.41, 5.74) is 0.763. The maximum atomic E-state index is 10.8. The third-order valence-electron chi connectivity index (χ3n) is 1.88. The predicted molar refractivity (Wildman–Crippen MR) is 65.6 cm³/mol. The Hall–Kier alpha value is 0.130. The van der Waals surface area contributed by atoms with E-state index >= 15 is 0 Å². The van der Waals surface area contributed by atoms with Gasteiger partial charge in [0.05, 0.1) is 5.92 Å². The number of carboxylic acid groups (broad SMARTS) is 1. The van der Waals surface area contributed by atoms with Crippen molar-refractivity contribution in [3.8, 4) is 0 Å². The van der Waals surface area contributed by atoms with Crippen LogP contribution in [-0.4, -0.2) is 11.1 Å². The lowest BCUT2D eigenvalue weighted by atomic mass is 10.0. The first-order valence-corrected chi connectivity index (χ1v) is 6.18. The molecule has 0 aliphatic rings. The Labute approximate surface area is 107 Å². The number of carbonyl (C=O) groups is 1. The van der Waals surface area contributed by atoms with Crippen LogP contribution in [0.5, 0.6) is 0 Å². The molecule has 1 N–H and O–H groups in total. The molecule has 0 saturated heterocycles. The molecule has 0 radical (unpaired) electrons. The van der Waals surface area contributed by atoms with Gasteiger partial charge in [0, 0.05) is 13.4 Å². The average Bonchev–Trinajstić information content (AvgIpc) is 2.12. The van der Waals surface area contributed by atoms with Gasteiger partial charge >= 0.3 is 5.97 Å². The summed E-state index contributed by atoms with van der Waals surface area (Å²) in [4.78, 5) is 10.8. The largest absolute Gasteiger partial charge is 0.481 e. The summed E-state index contributed by atoms with van der Waals surface area (Å²) in [6, 6.07) is 3.60. The molecule has 0 aromatic heterocycles. The summed E-state index contributed by atoms with van der Waals surface area (Å²) >= 11 is 10.0. The molecular formula is C9H7Br3O2. The molecule has 0 heterocycles. The van der Waals surface area contributed by atoms with Gasteiger partial charge in [-0.1, -0.05) is 0 Å². The molecular weight excluding hydrogens is 380 g/mol. The van der Waals surface area contributed by atoms with Crippen molar-refractivity contribution in [2.45, 2.75) is 12.8 Å². The predicted octanol–water partition coefficient (Wildman–Crippen LogP) is 4.16. The van der Waals surface area contributed by atoms with E-state index in [1.54, 1.807) is 19.1 Å². The zero-order chi connectivity index (χ0) is 10.9. The van der Waals surface area contributed by atoms with Crippen molar-refractivity contribution in [2.75, 3.05) is 0 Å². The first kappa shape index (κ1) is 12.2. The topological polar surface area (TPSA) is 37.3 Å². The average molecular weight is 387 g/mol. The van der Waals surface area contributed by atoms with E-state index in [4.69, 9.17) is 5.11 Å². The van der Waals surface area contributed by atoms with Crippen LogP contribution in [0.25, 0.3) is 0 Å². The summed E-state index contributed by atoms with van der Waals surface area (Å²) < 4.78 is 2.57. The standard InChI is InChI=1S/C9H7Br3O2/c1-4(9(13)14)5-2-6(10)8(12)7(11)3-5/h2-4H,1H3,(H,13,14). The Morgan fingerprint density at radius 3 is 2.07 bits per heavy atom. The molecule has 5 heteroatoms. The fraction of sp³-hybridized carbons (Fsp3) is 0.222. The Kier molecular flexibility index (Phi) is 4.15. The van der Waals surface area contributed by atoms with Crippen LogP contribution in [0.1, 0.15) is 18.4 Å². The molecule has 76 valence electrons. The lowest BCUT2D eigenvalue weighted by Crippen LogP contribution is -2.07. The molecule has 1 aromatic rings.